The second-order valence-electron chi connectivity index (χ2n) is 10.2. The summed E-state index contributed by atoms with van der Waals surface area (Å²) in [5.41, 5.74) is 5.75. The van der Waals surface area contributed by atoms with E-state index in [4.69, 9.17) is 4.74 Å². The molecule has 2 aromatic carbocycles. The lowest BCUT2D eigenvalue weighted by Crippen LogP contribution is -2.45. The molecule has 0 aliphatic heterocycles. The number of rotatable bonds is 13. The minimum absolute atomic E-state index is 0.0118. The Morgan fingerprint density at radius 3 is 2.00 bits per heavy atom. The van der Waals surface area contributed by atoms with Gasteiger partial charge in [0.25, 0.3) is 6.47 Å². The zero-order valence-corrected chi connectivity index (χ0v) is 26.6. The van der Waals surface area contributed by atoms with E-state index in [1.54, 1.807) is 14.0 Å². The summed E-state index contributed by atoms with van der Waals surface area (Å²) in [4.78, 5) is 39.2. The van der Waals surface area contributed by atoms with Crippen LogP contribution in [0.3, 0.4) is 0 Å². The van der Waals surface area contributed by atoms with Crippen LogP contribution >= 0.6 is 0 Å². The molecule has 7 nitrogen and oxygen atoms in total. The maximum atomic E-state index is 13.6. The van der Waals surface area contributed by atoms with E-state index >= 15 is 0 Å². The number of ketones is 1. The van der Waals surface area contributed by atoms with Gasteiger partial charge in [0.05, 0.1) is 6.04 Å². The van der Waals surface area contributed by atoms with E-state index in [1.807, 2.05) is 27.7 Å². The van der Waals surface area contributed by atoms with Crippen molar-refractivity contribution in [3.05, 3.63) is 83.9 Å². The van der Waals surface area contributed by atoms with Crippen molar-refractivity contribution in [1.29, 1.82) is 0 Å². The van der Waals surface area contributed by atoms with Gasteiger partial charge in [0.2, 0.25) is 0 Å². The highest BCUT2D eigenvalue weighted by molar-refractivity contribution is 5.79. The van der Waals surface area contributed by atoms with Gasteiger partial charge in [-0.1, -0.05) is 67.6 Å². The molecule has 2 amide bonds. The Labute approximate surface area is 255 Å². The maximum absolute atomic E-state index is 13.6. The van der Waals surface area contributed by atoms with Crippen molar-refractivity contribution < 1.29 is 27.9 Å². The maximum Gasteiger partial charge on any atom is 0.317 e. The standard InChI is InChI=1S/C18H24F2N2O4.C12H14.C4H9N/c1-3-15(24)8-5-7-14(11-26-12-23)22(2)18(25)21-10-13-6-4-9-16(19)17(13)20;1-9(2)11-5-7-12(8-6-11)10(3)4;1-4(2)5-3/h4,6,9,12,14H,3,5,7-8,10-11H2,1-2H3,(H,21,25);5-8H,1,3H2,2,4H3;1-3H3. The van der Waals surface area contributed by atoms with Crippen LogP contribution in [0.4, 0.5) is 13.6 Å². The van der Waals surface area contributed by atoms with Crippen molar-refractivity contribution in [2.45, 2.75) is 72.9 Å². The van der Waals surface area contributed by atoms with Crippen LogP contribution in [0.25, 0.3) is 11.1 Å². The fraction of sp³-hybridized carbons (Fsp3) is 0.412. The van der Waals surface area contributed by atoms with Crippen molar-refractivity contribution in [2.75, 3.05) is 20.7 Å². The van der Waals surface area contributed by atoms with Crippen molar-refractivity contribution in [2.24, 2.45) is 4.99 Å². The average Bonchev–Trinajstić information content (AvgIpc) is 2.99. The van der Waals surface area contributed by atoms with Crippen molar-refractivity contribution in [1.82, 2.24) is 10.2 Å². The molecule has 236 valence electrons. The molecule has 1 unspecified atom stereocenters. The third kappa shape index (κ3) is 16.2. The minimum Gasteiger partial charge on any atom is -0.466 e. The number of hydrogen-bond acceptors (Lipinski definition) is 5. The molecule has 0 saturated heterocycles. The highest BCUT2D eigenvalue weighted by atomic mass is 19.2. The molecule has 0 fully saturated rings. The zero-order valence-electron chi connectivity index (χ0n) is 26.6. The number of carbonyl (C=O) groups is 3. The molecule has 0 aliphatic carbocycles. The number of halogens is 2. The Hall–Kier alpha value is -4.14. The van der Waals surface area contributed by atoms with E-state index in [0.717, 1.165) is 22.9 Å². The molecule has 0 aromatic heterocycles. The van der Waals surface area contributed by atoms with Gasteiger partial charge in [-0.15, -0.1) is 0 Å². The van der Waals surface area contributed by atoms with Crippen LogP contribution in [-0.4, -0.2) is 55.6 Å². The smallest absolute Gasteiger partial charge is 0.317 e. The highest BCUT2D eigenvalue weighted by Crippen LogP contribution is 2.16. The number of Topliss-reactive ketones (excluding diaryl/α,β-unsaturated/α-hetero) is 1. The largest absolute Gasteiger partial charge is 0.466 e. The second kappa shape index (κ2) is 21.5. The lowest BCUT2D eigenvalue weighted by atomic mass is 10.0. The SMILES string of the molecule is C=C(C)c1ccc(C(=C)C)cc1.CCC(=O)CCCC(COC=O)N(C)C(=O)NCc1cccc(F)c1F.CN=C(C)C. The number of amides is 2. The van der Waals surface area contributed by atoms with Crippen LogP contribution in [0.2, 0.25) is 0 Å². The van der Waals surface area contributed by atoms with Crippen LogP contribution in [-0.2, 0) is 20.9 Å². The molecule has 1 atom stereocenters. The van der Waals surface area contributed by atoms with Crippen LogP contribution in [0.1, 0.15) is 77.0 Å². The molecule has 43 heavy (non-hydrogen) atoms. The number of ether oxygens (including phenoxy) is 1. The first-order chi connectivity index (χ1) is 20.3. The summed E-state index contributed by atoms with van der Waals surface area (Å²) in [6, 6.07) is 11.1. The van der Waals surface area contributed by atoms with E-state index in [0.29, 0.717) is 25.7 Å². The first-order valence-corrected chi connectivity index (χ1v) is 14.1. The first kappa shape index (κ1) is 38.9. The fourth-order valence-electron chi connectivity index (χ4n) is 3.44. The Kier molecular flexibility index (Phi) is 19.5. The van der Waals surface area contributed by atoms with E-state index < -0.39 is 23.7 Å². The zero-order chi connectivity index (χ0) is 32.9. The van der Waals surface area contributed by atoms with E-state index in [2.05, 4.69) is 47.7 Å². The molecule has 0 saturated carbocycles. The molecular weight excluding hydrogens is 552 g/mol. The monoisotopic (exact) mass is 599 g/mol. The lowest BCUT2D eigenvalue weighted by molar-refractivity contribution is -0.130. The number of nitrogens with zero attached hydrogens (tertiary/aromatic N) is 2. The third-order valence-electron chi connectivity index (χ3n) is 6.39. The van der Waals surface area contributed by atoms with Gasteiger partial charge >= 0.3 is 6.03 Å². The summed E-state index contributed by atoms with van der Waals surface area (Å²) in [6.45, 7) is 17.6. The van der Waals surface area contributed by atoms with Crippen LogP contribution in [0.15, 0.2) is 60.6 Å². The molecule has 1 N–H and O–H groups in total. The number of benzene rings is 2. The minimum atomic E-state index is -1.01. The van der Waals surface area contributed by atoms with Gasteiger partial charge in [-0.25, -0.2) is 13.6 Å². The molecule has 0 spiro atoms. The summed E-state index contributed by atoms with van der Waals surface area (Å²) in [5, 5.41) is 2.50. The predicted molar refractivity (Wildman–Crippen MR) is 172 cm³/mol. The Morgan fingerprint density at radius 2 is 1.56 bits per heavy atom. The predicted octanol–water partition coefficient (Wildman–Crippen LogP) is 7.65. The molecule has 0 radical (unpaired) electrons. The molecule has 2 rings (SSSR count). The Morgan fingerprint density at radius 1 is 1.02 bits per heavy atom. The third-order valence-corrected chi connectivity index (χ3v) is 6.39. The van der Waals surface area contributed by atoms with E-state index in [9.17, 15) is 23.2 Å². The summed E-state index contributed by atoms with van der Waals surface area (Å²) < 4.78 is 31.6. The first-order valence-electron chi connectivity index (χ1n) is 14.1. The molecule has 0 heterocycles. The summed E-state index contributed by atoms with van der Waals surface area (Å²) in [5.74, 6) is -1.87. The Bertz CT molecular complexity index is 1190. The molecule has 2 aromatic rings. The fourth-order valence-corrected chi connectivity index (χ4v) is 3.44. The quantitative estimate of drug-likeness (QED) is 0.189. The number of likely N-dealkylation sites (N-methyl/N-ethyl adjacent to an activating group) is 1. The van der Waals surface area contributed by atoms with Crippen LogP contribution in [0.5, 0.6) is 0 Å². The summed E-state index contributed by atoms with van der Waals surface area (Å²) >= 11 is 0. The molecule has 0 aliphatic rings. The van der Waals surface area contributed by atoms with Gasteiger partial charge in [0.15, 0.2) is 11.6 Å². The van der Waals surface area contributed by atoms with Gasteiger partial charge in [0.1, 0.15) is 12.4 Å². The Balaban J connectivity index is 0.000000849. The number of nitrogens with one attached hydrogen (secondary N) is 1. The molecule has 0 bridgehead atoms. The van der Waals surface area contributed by atoms with Gasteiger partial charge in [0, 0.05) is 44.8 Å². The van der Waals surface area contributed by atoms with Crippen molar-refractivity contribution in [3.63, 3.8) is 0 Å². The average molecular weight is 600 g/mol. The summed E-state index contributed by atoms with van der Waals surface area (Å²) in [7, 11) is 3.30. The van der Waals surface area contributed by atoms with Gasteiger partial charge < -0.3 is 15.0 Å². The molecular formula is C34H47F2N3O4. The normalized spacial score (nSPS) is 10.4. The van der Waals surface area contributed by atoms with Gasteiger partial charge in [-0.2, -0.15) is 0 Å². The van der Waals surface area contributed by atoms with Crippen molar-refractivity contribution in [3.8, 4) is 0 Å². The second-order valence-corrected chi connectivity index (χ2v) is 10.2. The topological polar surface area (TPSA) is 88.1 Å². The number of allylic oxidation sites excluding steroid dienone is 2. The lowest BCUT2D eigenvalue weighted by Gasteiger charge is -2.27. The number of carbonyl (C=O) groups excluding carboxylic acids is 3. The van der Waals surface area contributed by atoms with Gasteiger partial charge in [-0.3, -0.25) is 14.6 Å². The molecule has 9 heteroatoms. The number of hydrogen-bond donors (Lipinski definition) is 1. The van der Waals surface area contributed by atoms with Gasteiger partial charge in [-0.05, 0) is 57.7 Å². The van der Waals surface area contributed by atoms with Crippen LogP contribution < -0.4 is 5.32 Å². The summed E-state index contributed by atoms with van der Waals surface area (Å²) in [6.07, 6.45) is 1.86. The van der Waals surface area contributed by atoms with Crippen LogP contribution in [0, 0.1) is 11.6 Å². The van der Waals surface area contributed by atoms with Crippen molar-refractivity contribution >= 4 is 35.1 Å². The highest BCUT2D eigenvalue weighted by Gasteiger charge is 2.21. The van der Waals surface area contributed by atoms with E-state index in [-0.39, 0.29) is 31.0 Å². The number of aliphatic imine (C=N–C) groups is 1. The van der Waals surface area contributed by atoms with E-state index in [1.165, 1.54) is 35.2 Å². The number of urea groups is 1.